The van der Waals surface area contributed by atoms with Crippen LogP contribution in [0.1, 0.15) is 5.56 Å². The van der Waals surface area contributed by atoms with Crippen molar-refractivity contribution in [2.24, 2.45) is 0 Å². The summed E-state index contributed by atoms with van der Waals surface area (Å²) >= 11 is 2.83. The maximum Gasteiger partial charge on any atom is 0.338 e. The van der Waals surface area contributed by atoms with Crippen LogP contribution in [0, 0.1) is 10.1 Å². The van der Waals surface area contributed by atoms with Gasteiger partial charge >= 0.3 is 4.20 Å². The summed E-state index contributed by atoms with van der Waals surface area (Å²) in [6.07, 6.45) is 0. The molecule has 3 nitrogen and oxygen atoms in total. The maximum atomic E-state index is 11.1. The Kier molecular flexibility index (Phi) is 2.69. The number of rotatable bonds is 2. The topological polar surface area (TPSA) is 43.1 Å². The summed E-state index contributed by atoms with van der Waals surface area (Å²) in [6.45, 7) is 0. The average molecular weight is 227 g/mol. The van der Waals surface area contributed by atoms with E-state index in [-0.39, 0.29) is 4.92 Å². The molecule has 1 aromatic rings. The third-order valence-corrected chi connectivity index (χ3v) is 5.39. The summed E-state index contributed by atoms with van der Waals surface area (Å²) in [4.78, 5) is 10.9. The number of hydrogen-bond donors (Lipinski definition) is 0. The van der Waals surface area contributed by atoms with E-state index >= 15 is 0 Å². The monoisotopic (exact) mass is 227 g/mol. The van der Waals surface area contributed by atoms with E-state index in [0.29, 0.717) is 0 Å². The molecule has 1 aliphatic rings. The van der Waals surface area contributed by atoms with Crippen LogP contribution in [0.15, 0.2) is 30.3 Å². The summed E-state index contributed by atoms with van der Waals surface area (Å²) in [5, 5.41) is 11.1. The number of thioether (sulfide) groups is 2. The van der Waals surface area contributed by atoms with Crippen molar-refractivity contribution in [2.75, 3.05) is 11.5 Å². The molecule has 0 aromatic heterocycles. The minimum absolute atomic E-state index is 0.176. The standard InChI is InChI=1S/C9H9NO2S2/c11-10(12)9(13-6-7-14-9)8-4-2-1-3-5-8/h1-5H,6-7H2. The van der Waals surface area contributed by atoms with Gasteiger partial charge in [-0.05, 0) is 12.1 Å². The van der Waals surface area contributed by atoms with E-state index < -0.39 is 4.20 Å². The van der Waals surface area contributed by atoms with Crippen molar-refractivity contribution >= 4 is 23.5 Å². The van der Waals surface area contributed by atoms with E-state index in [2.05, 4.69) is 0 Å². The van der Waals surface area contributed by atoms with Gasteiger partial charge < -0.3 is 0 Å². The Morgan fingerprint density at radius 2 is 1.79 bits per heavy atom. The Bertz CT molecular complexity index is 336. The molecule has 74 valence electrons. The molecule has 2 rings (SSSR count). The van der Waals surface area contributed by atoms with Gasteiger partial charge in [-0.1, -0.05) is 41.7 Å². The quantitative estimate of drug-likeness (QED) is 0.575. The smallest absolute Gasteiger partial charge is 0.262 e. The predicted molar refractivity (Wildman–Crippen MR) is 60.0 cm³/mol. The van der Waals surface area contributed by atoms with Crippen LogP contribution in [0.3, 0.4) is 0 Å². The molecule has 1 saturated heterocycles. The van der Waals surface area contributed by atoms with E-state index in [0.717, 1.165) is 17.1 Å². The summed E-state index contributed by atoms with van der Waals surface area (Å²) in [5.74, 6) is 1.70. The lowest BCUT2D eigenvalue weighted by Crippen LogP contribution is -2.25. The largest absolute Gasteiger partial charge is 0.338 e. The highest BCUT2D eigenvalue weighted by Crippen LogP contribution is 2.51. The van der Waals surface area contributed by atoms with Gasteiger partial charge in [0, 0.05) is 11.5 Å². The zero-order chi connectivity index (χ0) is 10.0. The first-order chi connectivity index (χ1) is 6.76. The molecule has 0 saturated carbocycles. The molecule has 1 fully saturated rings. The van der Waals surface area contributed by atoms with Crippen LogP contribution in [-0.4, -0.2) is 16.4 Å². The van der Waals surface area contributed by atoms with Crippen molar-refractivity contribution < 1.29 is 4.92 Å². The van der Waals surface area contributed by atoms with Gasteiger partial charge in [-0.25, -0.2) is 0 Å². The highest BCUT2D eigenvalue weighted by Gasteiger charge is 2.49. The van der Waals surface area contributed by atoms with Crippen LogP contribution < -0.4 is 0 Å². The first-order valence-electron chi connectivity index (χ1n) is 4.24. The molecule has 0 bridgehead atoms. The highest BCUT2D eigenvalue weighted by atomic mass is 32.2. The fourth-order valence-electron chi connectivity index (χ4n) is 1.43. The molecule has 1 aliphatic heterocycles. The Morgan fingerprint density at radius 1 is 1.21 bits per heavy atom. The predicted octanol–water partition coefficient (Wildman–Crippen LogP) is 2.55. The van der Waals surface area contributed by atoms with Crippen molar-refractivity contribution in [2.45, 2.75) is 4.20 Å². The second-order valence-electron chi connectivity index (χ2n) is 2.90. The van der Waals surface area contributed by atoms with E-state index in [1.165, 1.54) is 23.5 Å². The summed E-state index contributed by atoms with van der Waals surface area (Å²) < 4.78 is -0.957. The molecule has 14 heavy (non-hydrogen) atoms. The number of nitrogens with zero attached hydrogens (tertiary/aromatic N) is 1. The number of benzene rings is 1. The second-order valence-corrected chi connectivity index (χ2v) is 5.74. The van der Waals surface area contributed by atoms with E-state index in [9.17, 15) is 10.1 Å². The Morgan fingerprint density at radius 3 is 2.29 bits per heavy atom. The van der Waals surface area contributed by atoms with Gasteiger partial charge in [-0.3, -0.25) is 10.1 Å². The van der Waals surface area contributed by atoms with Crippen molar-refractivity contribution in [1.82, 2.24) is 0 Å². The number of hydrogen-bond acceptors (Lipinski definition) is 4. The second kappa shape index (κ2) is 3.82. The average Bonchev–Trinajstić information content (AvgIpc) is 2.69. The molecule has 1 aromatic carbocycles. The van der Waals surface area contributed by atoms with Gasteiger partial charge in [0.15, 0.2) is 0 Å². The fourth-order valence-corrected chi connectivity index (χ4v) is 4.30. The molecule has 0 spiro atoms. The van der Waals surface area contributed by atoms with Crippen LogP contribution in [0.4, 0.5) is 0 Å². The van der Waals surface area contributed by atoms with Gasteiger partial charge in [-0.2, -0.15) is 0 Å². The molecule has 0 aliphatic carbocycles. The van der Waals surface area contributed by atoms with Crippen LogP contribution in [-0.2, 0) is 4.20 Å². The molecular formula is C9H9NO2S2. The third kappa shape index (κ3) is 1.50. The van der Waals surface area contributed by atoms with Crippen LogP contribution in [0.5, 0.6) is 0 Å². The zero-order valence-corrected chi connectivity index (χ0v) is 9.01. The van der Waals surface area contributed by atoms with Gasteiger partial charge in [0.05, 0.1) is 10.5 Å². The van der Waals surface area contributed by atoms with Crippen molar-refractivity contribution in [3.8, 4) is 0 Å². The summed E-state index contributed by atoms with van der Waals surface area (Å²) in [5.41, 5.74) is 0.789. The van der Waals surface area contributed by atoms with Gasteiger partial charge in [-0.15, -0.1) is 0 Å². The molecule has 1 heterocycles. The summed E-state index contributed by atoms with van der Waals surface area (Å²) in [7, 11) is 0. The zero-order valence-electron chi connectivity index (χ0n) is 7.38. The SMILES string of the molecule is O=[N+]([O-])C1(c2ccccc2)SCCS1. The Balaban J connectivity index is 2.42. The molecule has 5 heteroatoms. The summed E-state index contributed by atoms with van der Waals surface area (Å²) in [6, 6.07) is 9.23. The molecule has 0 radical (unpaired) electrons. The maximum absolute atomic E-state index is 11.1. The first-order valence-corrected chi connectivity index (χ1v) is 6.21. The van der Waals surface area contributed by atoms with Crippen LogP contribution in [0.25, 0.3) is 0 Å². The van der Waals surface area contributed by atoms with Gasteiger partial charge in [0.1, 0.15) is 0 Å². The Labute approximate surface area is 90.4 Å². The lowest BCUT2D eigenvalue weighted by atomic mass is 10.2. The first kappa shape index (κ1) is 9.86. The third-order valence-electron chi connectivity index (χ3n) is 2.06. The van der Waals surface area contributed by atoms with Crippen molar-refractivity contribution in [3.05, 3.63) is 46.0 Å². The molecular weight excluding hydrogens is 218 g/mol. The van der Waals surface area contributed by atoms with Crippen LogP contribution in [0.2, 0.25) is 0 Å². The van der Waals surface area contributed by atoms with Gasteiger partial charge in [0.2, 0.25) is 0 Å². The lowest BCUT2D eigenvalue weighted by Gasteiger charge is -2.17. The Hall–Kier alpha value is -0.680. The fraction of sp³-hybridized carbons (Fsp3) is 0.333. The van der Waals surface area contributed by atoms with Gasteiger partial charge in [0.25, 0.3) is 0 Å². The van der Waals surface area contributed by atoms with Crippen molar-refractivity contribution in [3.63, 3.8) is 0 Å². The highest BCUT2D eigenvalue weighted by molar-refractivity contribution is 8.20. The normalized spacial score (nSPS) is 19.4. The minimum Gasteiger partial charge on any atom is -0.262 e. The van der Waals surface area contributed by atoms with Crippen LogP contribution >= 0.6 is 23.5 Å². The minimum atomic E-state index is -0.957. The van der Waals surface area contributed by atoms with Crippen molar-refractivity contribution in [1.29, 1.82) is 0 Å². The number of nitro groups is 1. The van der Waals surface area contributed by atoms with E-state index in [1.807, 2.05) is 30.3 Å². The molecule has 0 N–H and O–H groups in total. The van der Waals surface area contributed by atoms with E-state index in [4.69, 9.17) is 0 Å². The molecule has 0 unspecified atom stereocenters. The lowest BCUT2D eigenvalue weighted by molar-refractivity contribution is -0.515. The molecule has 0 atom stereocenters. The molecule has 0 amide bonds. The van der Waals surface area contributed by atoms with E-state index in [1.54, 1.807) is 0 Å².